The van der Waals surface area contributed by atoms with Crippen LogP contribution in [0.4, 0.5) is 0 Å². The van der Waals surface area contributed by atoms with E-state index in [0.717, 1.165) is 25.5 Å². The molecule has 0 rings (SSSR count). The van der Waals surface area contributed by atoms with Crippen LogP contribution in [0.3, 0.4) is 0 Å². The highest BCUT2D eigenvalue weighted by atomic mass is 16.1. The van der Waals surface area contributed by atoms with Crippen molar-refractivity contribution < 1.29 is 9.59 Å². The fourth-order valence-electron chi connectivity index (χ4n) is 2.27. The third-order valence-electron chi connectivity index (χ3n) is 3.58. The van der Waals surface area contributed by atoms with Gasteiger partial charge in [-0.15, -0.1) is 0 Å². The van der Waals surface area contributed by atoms with Crippen LogP contribution in [0.25, 0.3) is 0 Å². The molecule has 0 aliphatic heterocycles. The Morgan fingerprint density at radius 3 is 2.05 bits per heavy atom. The normalized spacial score (nSPS) is 10.4. The summed E-state index contributed by atoms with van der Waals surface area (Å²) in [6.07, 6.45) is 15.5. The zero-order chi connectivity index (χ0) is 14.9. The first-order valence-electron chi connectivity index (χ1n) is 8.51. The molecule has 118 valence electrons. The molecule has 1 amide bonds. The zero-order valence-corrected chi connectivity index (χ0v) is 13.3. The van der Waals surface area contributed by atoms with Gasteiger partial charge in [-0.3, -0.25) is 4.79 Å². The molecule has 3 heteroatoms. The lowest BCUT2D eigenvalue weighted by atomic mass is 10.1. The van der Waals surface area contributed by atoms with Crippen molar-refractivity contribution in [2.24, 2.45) is 0 Å². The van der Waals surface area contributed by atoms with Gasteiger partial charge in [0.15, 0.2) is 0 Å². The van der Waals surface area contributed by atoms with Gasteiger partial charge in [-0.1, -0.05) is 58.3 Å². The highest BCUT2D eigenvalue weighted by Crippen LogP contribution is 2.10. The van der Waals surface area contributed by atoms with E-state index in [-0.39, 0.29) is 5.91 Å². The summed E-state index contributed by atoms with van der Waals surface area (Å²) in [5.74, 6) is 0.166. The zero-order valence-electron chi connectivity index (χ0n) is 13.3. The van der Waals surface area contributed by atoms with Gasteiger partial charge in [0.05, 0.1) is 0 Å². The molecule has 0 aromatic heterocycles. The van der Waals surface area contributed by atoms with Gasteiger partial charge in [0.25, 0.3) is 0 Å². The lowest BCUT2D eigenvalue weighted by molar-refractivity contribution is -0.121. The average Bonchev–Trinajstić information content (AvgIpc) is 2.45. The average molecular weight is 283 g/mol. The van der Waals surface area contributed by atoms with Gasteiger partial charge in [0, 0.05) is 19.4 Å². The topological polar surface area (TPSA) is 46.2 Å². The van der Waals surface area contributed by atoms with Crippen molar-refractivity contribution in [1.82, 2.24) is 5.32 Å². The molecule has 0 aliphatic rings. The highest BCUT2D eigenvalue weighted by molar-refractivity contribution is 5.75. The third kappa shape index (κ3) is 15.2. The van der Waals surface area contributed by atoms with Crippen LogP contribution in [0.1, 0.15) is 90.4 Å². The van der Waals surface area contributed by atoms with E-state index in [9.17, 15) is 9.59 Å². The largest absolute Gasteiger partial charge is 0.356 e. The number of carbonyl (C=O) groups excluding carboxylic acids is 2. The van der Waals surface area contributed by atoms with E-state index in [1.165, 1.54) is 51.4 Å². The summed E-state index contributed by atoms with van der Waals surface area (Å²) in [5.41, 5.74) is 0. The van der Waals surface area contributed by atoms with Crippen molar-refractivity contribution in [2.75, 3.05) is 6.54 Å². The third-order valence-corrected chi connectivity index (χ3v) is 3.58. The van der Waals surface area contributed by atoms with E-state index >= 15 is 0 Å². The van der Waals surface area contributed by atoms with Gasteiger partial charge >= 0.3 is 0 Å². The van der Waals surface area contributed by atoms with Crippen molar-refractivity contribution in [1.29, 1.82) is 0 Å². The Morgan fingerprint density at radius 2 is 1.45 bits per heavy atom. The number of unbranched alkanes of at least 4 members (excludes halogenated alkanes) is 10. The van der Waals surface area contributed by atoms with Crippen molar-refractivity contribution in [3.63, 3.8) is 0 Å². The molecular weight excluding hydrogens is 250 g/mol. The summed E-state index contributed by atoms with van der Waals surface area (Å²) in [6, 6.07) is 0. The summed E-state index contributed by atoms with van der Waals surface area (Å²) in [5, 5.41) is 2.91. The number of aldehydes is 1. The van der Waals surface area contributed by atoms with E-state index in [1.807, 2.05) is 0 Å². The summed E-state index contributed by atoms with van der Waals surface area (Å²) in [7, 11) is 0. The maximum absolute atomic E-state index is 11.5. The minimum Gasteiger partial charge on any atom is -0.356 e. The molecule has 0 bridgehead atoms. The number of rotatable bonds is 15. The predicted octanol–water partition coefficient (Wildman–Crippen LogP) is 4.39. The van der Waals surface area contributed by atoms with E-state index in [1.54, 1.807) is 0 Å². The monoisotopic (exact) mass is 283 g/mol. The second-order valence-corrected chi connectivity index (χ2v) is 5.59. The maximum Gasteiger partial charge on any atom is 0.219 e. The SMILES string of the molecule is CCCCCCCCCCCC(=O)NCCCCC=O. The minimum atomic E-state index is 0.166. The molecule has 0 spiro atoms. The molecule has 0 saturated heterocycles. The minimum absolute atomic E-state index is 0.166. The van der Waals surface area contributed by atoms with Gasteiger partial charge < -0.3 is 10.1 Å². The quantitative estimate of drug-likeness (QED) is 0.358. The number of hydrogen-bond acceptors (Lipinski definition) is 2. The Morgan fingerprint density at radius 1 is 0.850 bits per heavy atom. The molecule has 0 radical (unpaired) electrons. The molecule has 3 nitrogen and oxygen atoms in total. The molecular formula is C17H33NO2. The summed E-state index contributed by atoms with van der Waals surface area (Å²) < 4.78 is 0. The molecule has 0 aliphatic carbocycles. The van der Waals surface area contributed by atoms with Gasteiger partial charge in [0.1, 0.15) is 6.29 Å². The first kappa shape index (κ1) is 19.1. The Hall–Kier alpha value is -0.860. The smallest absolute Gasteiger partial charge is 0.219 e. The number of nitrogens with one attached hydrogen (secondary N) is 1. The molecule has 0 unspecified atom stereocenters. The lowest BCUT2D eigenvalue weighted by Gasteiger charge is -2.04. The molecule has 1 N–H and O–H groups in total. The van der Waals surface area contributed by atoms with Crippen LogP contribution in [0.2, 0.25) is 0 Å². The molecule has 0 aromatic carbocycles. The Bertz CT molecular complexity index is 229. The first-order valence-corrected chi connectivity index (χ1v) is 8.51. The molecule has 0 saturated carbocycles. The fourth-order valence-corrected chi connectivity index (χ4v) is 2.27. The van der Waals surface area contributed by atoms with Crippen molar-refractivity contribution in [3.05, 3.63) is 0 Å². The number of hydrogen-bond donors (Lipinski definition) is 1. The van der Waals surface area contributed by atoms with Crippen LogP contribution in [0, 0.1) is 0 Å². The summed E-state index contributed by atoms with van der Waals surface area (Å²) in [4.78, 5) is 21.6. The van der Waals surface area contributed by atoms with E-state index in [0.29, 0.717) is 19.4 Å². The standard InChI is InChI=1S/C17H33NO2/c1-2-3-4-5-6-7-8-9-11-14-17(20)18-15-12-10-13-16-19/h16H,2-15H2,1H3,(H,18,20). The maximum atomic E-state index is 11.5. The van der Waals surface area contributed by atoms with Crippen LogP contribution in [-0.2, 0) is 9.59 Å². The van der Waals surface area contributed by atoms with Crippen molar-refractivity contribution >= 4 is 12.2 Å². The molecule has 20 heavy (non-hydrogen) atoms. The van der Waals surface area contributed by atoms with E-state index in [4.69, 9.17) is 0 Å². The van der Waals surface area contributed by atoms with Crippen LogP contribution < -0.4 is 5.32 Å². The Kier molecular flexibility index (Phi) is 15.5. The second kappa shape index (κ2) is 16.2. The van der Waals surface area contributed by atoms with Crippen molar-refractivity contribution in [2.45, 2.75) is 90.4 Å². The van der Waals surface area contributed by atoms with Gasteiger partial charge in [-0.25, -0.2) is 0 Å². The Balaban J connectivity index is 3.13. The highest BCUT2D eigenvalue weighted by Gasteiger charge is 2.00. The van der Waals surface area contributed by atoms with Crippen LogP contribution >= 0.6 is 0 Å². The Labute approximate surface area is 124 Å². The van der Waals surface area contributed by atoms with E-state index < -0.39 is 0 Å². The van der Waals surface area contributed by atoms with Crippen molar-refractivity contribution in [3.8, 4) is 0 Å². The molecule has 0 aromatic rings. The number of carbonyl (C=O) groups is 2. The van der Waals surface area contributed by atoms with Gasteiger partial charge in [0.2, 0.25) is 5.91 Å². The fraction of sp³-hybridized carbons (Fsp3) is 0.882. The summed E-state index contributed by atoms with van der Waals surface area (Å²) in [6.45, 7) is 2.96. The molecule has 0 fully saturated rings. The lowest BCUT2D eigenvalue weighted by Crippen LogP contribution is -2.23. The van der Waals surface area contributed by atoms with Gasteiger partial charge in [-0.05, 0) is 19.3 Å². The molecule has 0 heterocycles. The first-order chi connectivity index (χ1) is 9.81. The summed E-state index contributed by atoms with van der Waals surface area (Å²) >= 11 is 0. The number of amides is 1. The van der Waals surface area contributed by atoms with Crippen LogP contribution in [-0.4, -0.2) is 18.7 Å². The van der Waals surface area contributed by atoms with Gasteiger partial charge in [-0.2, -0.15) is 0 Å². The second-order valence-electron chi connectivity index (χ2n) is 5.59. The van der Waals surface area contributed by atoms with E-state index in [2.05, 4.69) is 12.2 Å². The van der Waals surface area contributed by atoms with Crippen LogP contribution in [0.5, 0.6) is 0 Å². The molecule has 0 atom stereocenters. The van der Waals surface area contributed by atoms with Crippen LogP contribution in [0.15, 0.2) is 0 Å². The predicted molar refractivity (Wildman–Crippen MR) is 84.8 cm³/mol.